The molecule has 1 aliphatic rings. The maximum atomic E-state index is 13.2. The van der Waals surface area contributed by atoms with Crippen molar-refractivity contribution in [2.75, 3.05) is 13.1 Å². The van der Waals surface area contributed by atoms with Gasteiger partial charge in [0.2, 0.25) is 10.0 Å². The fraction of sp³-hybridized carbons (Fsp3) is 0.391. The van der Waals surface area contributed by atoms with Gasteiger partial charge in [-0.05, 0) is 75.4 Å². The molecule has 0 spiro atoms. The summed E-state index contributed by atoms with van der Waals surface area (Å²) in [4.78, 5) is 4.04. The molecule has 4 rings (SSSR count). The lowest BCUT2D eigenvalue weighted by Gasteiger charge is -2.31. The van der Waals surface area contributed by atoms with Crippen LogP contribution in [0.3, 0.4) is 0 Å². The third kappa shape index (κ3) is 3.27. The highest BCUT2D eigenvalue weighted by Gasteiger charge is 2.32. The summed E-state index contributed by atoms with van der Waals surface area (Å²) in [6.45, 7) is 9.22. The number of rotatable bonds is 3. The van der Waals surface area contributed by atoms with Crippen molar-refractivity contribution in [1.82, 2.24) is 9.29 Å². The number of nitrogens with one attached hydrogen (secondary N) is 1. The van der Waals surface area contributed by atoms with E-state index < -0.39 is 10.0 Å². The van der Waals surface area contributed by atoms with Crippen molar-refractivity contribution in [2.24, 2.45) is 0 Å². The van der Waals surface area contributed by atoms with Gasteiger partial charge in [-0.2, -0.15) is 4.31 Å². The fourth-order valence-electron chi connectivity index (χ4n) is 4.38. The van der Waals surface area contributed by atoms with Crippen LogP contribution in [0.4, 0.5) is 0 Å². The van der Waals surface area contributed by atoms with Crippen LogP contribution in [0.25, 0.3) is 10.9 Å². The Hall–Kier alpha value is -2.11. The molecular weight excluding hydrogens is 368 g/mol. The Morgan fingerprint density at radius 3 is 2.29 bits per heavy atom. The standard InChI is InChI=1S/C23H28N2O2S/c1-15-6-8-21-20(13-15)18(4)23(24-21)19-9-11-25(12-10-19)28(26,27)22-14-16(2)5-7-17(22)3/h5-8,13-14,19,24H,9-12H2,1-4H3. The van der Waals surface area contributed by atoms with Crippen molar-refractivity contribution >= 4 is 20.9 Å². The van der Waals surface area contributed by atoms with Gasteiger partial charge in [0.15, 0.2) is 0 Å². The average molecular weight is 397 g/mol. The lowest BCUT2D eigenvalue weighted by atomic mass is 9.92. The van der Waals surface area contributed by atoms with Crippen LogP contribution in [-0.4, -0.2) is 30.8 Å². The Morgan fingerprint density at radius 1 is 0.929 bits per heavy atom. The minimum absolute atomic E-state index is 0.373. The quantitative estimate of drug-likeness (QED) is 0.679. The van der Waals surface area contributed by atoms with E-state index in [1.807, 2.05) is 26.0 Å². The molecule has 1 saturated heterocycles. The summed E-state index contributed by atoms with van der Waals surface area (Å²) >= 11 is 0. The summed E-state index contributed by atoms with van der Waals surface area (Å²) in [6.07, 6.45) is 1.69. The van der Waals surface area contributed by atoms with Gasteiger partial charge in [-0.25, -0.2) is 8.42 Å². The van der Waals surface area contributed by atoms with E-state index in [-0.39, 0.29) is 0 Å². The maximum Gasteiger partial charge on any atom is 0.243 e. The molecule has 1 fully saturated rings. The first-order valence-corrected chi connectivity index (χ1v) is 11.4. The lowest BCUT2D eigenvalue weighted by molar-refractivity contribution is 0.316. The van der Waals surface area contributed by atoms with Gasteiger partial charge < -0.3 is 4.98 Å². The van der Waals surface area contributed by atoms with Gasteiger partial charge >= 0.3 is 0 Å². The minimum atomic E-state index is -3.44. The molecule has 4 nitrogen and oxygen atoms in total. The van der Waals surface area contributed by atoms with Crippen molar-refractivity contribution in [3.8, 4) is 0 Å². The zero-order valence-electron chi connectivity index (χ0n) is 17.0. The van der Waals surface area contributed by atoms with Crippen LogP contribution < -0.4 is 0 Å². The number of nitrogens with zero attached hydrogens (tertiary/aromatic N) is 1. The number of aryl methyl sites for hydroxylation is 4. The summed E-state index contributed by atoms with van der Waals surface area (Å²) < 4.78 is 28.0. The second kappa shape index (κ2) is 7.05. The summed E-state index contributed by atoms with van der Waals surface area (Å²) in [5, 5.41) is 1.28. The van der Waals surface area contributed by atoms with E-state index in [9.17, 15) is 8.42 Å². The van der Waals surface area contributed by atoms with Gasteiger partial charge in [0.25, 0.3) is 0 Å². The molecule has 0 atom stereocenters. The normalized spacial score (nSPS) is 16.7. The third-order valence-corrected chi connectivity index (χ3v) is 8.12. The van der Waals surface area contributed by atoms with Crippen molar-refractivity contribution in [2.45, 2.75) is 51.3 Å². The highest BCUT2D eigenvalue weighted by Crippen LogP contribution is 2.35. The van der Waals surface area contributed by atoms with E-state index in [2.05, 4.69) is 37.0 Å². The molecule has 28 heavy (non-hydrogen) atoms. The molecule has 0 aliphatic carbocycles. The summed E-state index contributed by atoms with van der Waals surface area (Å²) in [5.74, 6) is 0.373. The molecule has 2 aromatic carbocycles. The number of aromatic nitrogens is 1. The van der Waals surface area contributed by atoms with Crippen molar-refractivity contribution < 1.29 is 8.42 Å². The van der Waals surface area contributed by atoms with E-state index in [1.54, 1.807) is 10.4 Å². The fourth-order valence-corrected chi connectivity index (χ4v) is 6.16. The van der Waals surface area contributed by atoms with E-state index in [4.69, 9.17) is 0 Å². The monoisotopic (exact) mass is 396 g/mol. The Balaban J connectivity index is 1.57. The second-order valence-corrected chi connectivity index (χ2v) is 10.1. The predicted molar refractivity (Wildman–Crippen MR) is 114 cm³/mol. The Bertz CT molecular complexity index is 1140. The Kier molecular flexibility index (Phi) is 4.84. The van der Waals surface area contributed by atoms with Crippen LogP contribution in [0.1, 0.15) is 46.7 Å². The molecule has 1 aromatic heterocycles. The first-order valence-electron chi connectivity index (χ1n) is 9.93. The third-order valence-electron chi connectivity index (χ3n) is 6.08. The van der Waals surface area contributed by atoms with Gasteiger partial charge in [-0.1, -0.05) is 23.8 Å². The van der Waals surface area contributed by atoms with Gasteiger partial charge in [0.1, 0.15) is 0 Å². The van der Waals surface area contributed by atoms with Crippen LogP contribution >= 0.6 is 0 Å². The molecule has 0 radical (unpaired) electrons. The molecule has 0 saturated carbocycles. The summed E-state index contributed by atoms with van der Waals surface area (Å²) in [7, 11) is -3.44. The average Bonchev–Trinajstić information content (AvgIpc) is 3.00. The molecule has 0 bridgehead atoms. The predicted octanol–water partition coefficient (Wildman–Crippen LogP) is 4.97. The first-order chi connectivity index (χ1) is 13.3. The summed E-state index contributed by atoms with van der Waals surface area (Å²) in [6, 6.07) is 12.1. The largest absolute Gasteiger partial charge is 0.358 e. The van der Waals surface area contributed by atoms with Crippen LogP contribution in [0.15, 0.2) is 41.3 Å². The molecule has 0 amide bonds. The number of fused-ring (bicyclic) bond motifs is 1. The molecule has 148 valence electrons. The van der Waals surface area contributed by atoms with Crippen LogP contribution in [-0.2, 0) is 10.0 Å². The number of benzene rings is 2. The number of aromatic amines is 1. The first kappa shape index (κ1) is 19.2. The lowest BCUT2D eigenvalue weighted by Crippen LogP contribution is -2.38. The number of hydrogen-bond acceptors (Lipinski definition) is 2. The molecular formula is C23H28N2O2S. The van der Waals surface area contributed by atoms with E-state index in [0.29, 0.717) is 23.9 Å². The zero-order chi connectivity index (χ0) is 20.1. The zero-order valence-corrected chi connectivity index (χ0v) is 17.9. The van der Waals surface area contributed by atoms with Crippen molar-refractivity contribution in [3.05, 3.63) is 64.3 Å². The summed E-state index contributed by atoms with van der Waals surface area (Å²) in [5.41, 5.74) is 6.79. The van der Waals surface area contributed by atoms with Gasteiger partial charge in [0, 0.05) is 35.6 Å². The number of piperidine rings is 1. The number of H-pyrrole nitrogens is 1. The Labute approximate surface area is 167 Å². The van der Waals surface area contributed by atoms with Gasteiger partial charge in [-0.3, -0.25) is 0 Å². The van der Waals surface area contributed by atoms with Crippen molar-refractivity contribution in [3.63, 3.8) is 0 Å². The topological polar surface area (TPSA) is 53.2 Å². The molecule has 2 heterocycles. The van der Waals surface area contributed by atoms with E-state index >= 15 is 0 Å². The highest BCUT2D eigenvalue weighted by atomic mass is 32.2. The molecule has 0 unspecified atom stereocenters. The van der Waals surface area contributed by atoms with E-state index in [1.165, 1.54) is 27.7 Å². The molecule has 1 N–H and O–H groups in total. The van der Waals surface area contributed by atoms with Gasteiger partial charge in [-0.15, -0.1) is 0 Å². The molecule has 5 heteroatoms. The van der Waals surface area contributed by atoms with Gasteiger partial charge in [0.05, 0.1) is 4.90 Å². The Morgan fingerprint density at radius 2 is 1.57 bits per heavy atom. The maximum absolute atomic E-state index is 13.2. The number of hydrogen-bond donors (Lipinski definition) is 1. The van der Waals surface area contributed by atoms with E-state index in [0.717, 1.165) is 24.0 Å². The SMILES string of the molecule is Cc1ccc(C)c(S(=O)(=O)N2CCC(c3[nH]c4ccc(C)cc4c3C)CC2)c1. The molecule has 3 aromatic rings. The smallest absolute Gasteiger partial charge is 0.243 e. The van der Waals surface area contributed by atoms with Crippen LogP contribution in [0.5, 0.6) is 0 Å². The van der Waals surface area contributed by atoms with Crippen LogP contribution in [0.2, 0.25) is 0 Å². The minimum Gasteiger partial charge on any atom is -0.358 e. The number of sulfonamides is 1. The van der Waals surface area contributed by atoms with Crippen molar-refractivity contribution in [1.29, 1.82) is 0 Å². The molecule has 1 aliphatic heterocycles. The highest BCUT2D eigenvalue weighted by molar-refractivity contribution is 7.89. The second-order valence-electron chi connectivity index (χ2n) is 8.16. The van der Waals surface area contributed by atoms with Crippen LogP contribution in [0, 0.1) is 27.7 Å².